The molecule has 8 nitrogen and oxygen atoms in total. The van der Waals surface area contributed by atoms with Crippen LogP contribution in [0.4, 0.5) is 5.69 Å². The summed E-state index contributed by atoms with van der Waals surface area (Å²) in [6, 6.07) is 5.04. The Balaban J connectivity index is -0.000000247. The molecule has 1 rings (SSSR count). The number of aromatic hydroxyl groups is 1. The van der Waals surface area contributed by atoms with E-state index in [0.717, 1.165) is 0 Å². The minimum atomic E-state index is -5.17. The van der Waals surface area contributed by atoms with Crippen LogP contribution in [0.5, 0.6) is 5.75 Å². The van der Waals surface area contributed by atoms with Gasteiger partial charge in [0.05, 0.1) is 4.92 Å². The van der Waals surface area contributed by atoms with E-state index in [-0.39, 0.29) is 114 Å². The summed E-state index contributed by atoms with van der Waals surface area (Å²) < 4.78 is 34.1. The van der Waals surface area contributed by atoms with Gasteiger partial charge >= 0.3 is 103 Å². The summed E-state index contributed by atoms with van der Waals surface area (Å²) in [4.78, 5) is 9.52. The van der Waals surface area contributed by atoms with Crippen molar-refractivity contribution in [3.05, 3.63) is 34.4 Å². The van der Waals surface area contributed by atoms with Gasteiger partial charge in [0, 0.05) is 22.5 Å². The third kappa shape index (κ3) is 17.6. The first-order chi connectivity index (χ1) is 6.70. The van der Waals surface area contributed by atoms with Crippen molar-refractivity contribution in [2.45, 2.75) is 0 Å². The number of non-ortho nitro benzene ring substituents is 1. The molecule has 0 aliphatic heterocycles. The predicted octanol–water partition coefficient (Wildman–Crippen LogP) is -6.03. The molecule has 0 heterocycles. The smallest absolute Gasteiger partial charge is 0.759 e. The summed E-state index contributed by atoms with van der Waals surface area (Å²) in [5.74, 6) is 0.0330. The molecule has 0 aliphatic rings. The van der Waals surface area contributed by atoms with Gasteiger partial charge in [0.2, 0.25) is 0 Å². The Morgan fingerprint density at radius 2 is 1.35 bits per heavy atom. The third-order valence-corrected chi connectivity index (χ3v) is 1.06. The molecule has 0 saturated carbocycles. The van der Waals surface area contributed by atoms with Crippen molar-refractivity contribution in [1.29, 1.82) is 0 Å². The fourth-order valence-corrected chi connectivity index (χ4v) is 0.574. The molecular formula is C6H5K2NO7S. The fourth-order valence-electron chi connectivity index (χ4n) is 0.574. The van der Waals surface area contributed by atoms with Crippen LogP contribution in [-0.2, 0) is 10.4 Å². The van der Waals surface area contributed by atoms with Gasteiger partial charge in [-0.25, -0.2) is 0 Å². The van der Waals surface area contributed by atoms with Crippen molar-refractivity contribution in [2.75, 3.05) is 0 Å². The van der Waals surface area contributed by atoms with Crippen molar-refractivity contribution in [3.8, 4) is 5.75 Å². The maximum absolute atomic E-state index is 10.0. The van der Waals surface area contributed by atoms with Gasteiger partial charge in [0.15, 0.2) is 0 Å². The summed E-state index contributed by atoms with van der Waals surface area (Å²) in [5.41, 5.74) is -0.0159. The van der Waals surface area contributed by atoms with Gasteiger partial charge in [-0.15, -0.1) is 0 Å². The molecule has 17 heavy (non-hydrogen) atoms. The van der Waals surface area contributed by atoms with Crippen LogP contribution in [-0.4, -0.2) is 27.6 Å². The second-order valence-corrected chi connectivity index (χ2v) is 3.00. The zero-order valence-electron chi connectivity index (χ0n) is 9.06. The molecule has 0 saturated heterocycles. The summed E-state index contributed by atoms with van der Waals surface area (Å²) in [6.07, 6.45) is 0. The van der Waals surface area contributed by atoms with Crippen LogP contribution in [0.15, 0.2) is 24.3 Å². The number of nitro groups is 1. The van der Waals surface area contributed by atoms with E-state index < -0.39 is 15.3 Å². The van der Waals surface area contributed by atoms with Gasteiger partial charge in [-0.1, -0.05) is 0 Å². The zero-order chi connectivity index (χ0) is 12.1. The first-order valence-corrected chi connectivity index (χ1v) is 4.63. The number of nitrogens with zero attached hydrogens (tertiary/aromatic N) is 1. The van der Waals surface area contributed by atoms with Crippen LogP contribution < -0.4 is 103 Å². The van der Waals surface area contributed by atoms with E-state index >= 15 is 0 Å². The number of nitro benzene ring substituents is 1. The van der Waals surface area contributed by atoms with E-state index in [0.29, 0.717) is 0 Å². The van der Waals surface area contributed by atoms with E-state index in [9.17, 15) is 10.1 Å². The normalized spacial score (nSPS) is 8.82. The molecule has 0 bridgehead atoms. The topological polar surface area (TPSA) is 144 Å². The molecule has 0 unspecified atom stereocenters. The maximum Gasteiger partial charge on any atom is 1.00 e. The predicted molar refractivity (Wildman–Crippen MR) is 45.2 cm³/mol. The second-order valence-electron chi connectivity index (χ2n) is 2.18. The van der Waals surface area contributed by atoms with Crippen LogP contribution in [0.1, 0.15) is 0 Å². The van der Waals surface area contributed by atoms with Crippen molar-refractivity contribution in [1.82, 2.24) is 0 Å². The zero-order valence-corrected chi connectivity index (χ0v) is 16.1. The number of phenols is 1. The van der Waals surface area contributed by atoms with Gasteiger partial charge in [0.1, 0.15) is 5.75 Å². The largest absolute Gasteiger partial charge is 1.00 e. The average molecular weight is 313 g/mol. The summed E-state index contributed by atoms with van der Waals surface area (Å²) in [6.45, 7) is 0. The van der Waals surface area contributed by atoms with E-state index in [1.807, 2.05) is 0 Å². The Labute approximate surface area is 182 Å². The molecule has 1 N–H and O–H groups in total. The minimum absolute atomic E-state index is 0. The second kappa shape index (κ2) is 11.4. The van der Waals surface area contributed by atoms with Crippen LogP contribution in [0.2, 0.25) is 0 Å². The Hall–Kier alpha value is 1.56. The molecule has 0 spiro atoms. The molecule has 0 fully saturated rings. The number of benzene rings is 1. The van der Waals surface area contributed by atoms with E-state index in [4.69, 9.17) is 22.6 Å². The van der Waals surface area contributed by atoms with Gasteiger partial charge in [-0.05, 0) is 12.1 Å². The summed E-state index contributed by atoms with van der Waals surface area (Å²) in [5, 5.41) is 18.8. The molecule has 11 heteroatoms. The number of hydrogen-bond donors (Lipinski definition) is 1. The van der Waals surface area contributed by atoms with Crippen molar-refractivity contribution in [2.24, 2.45) is 0 Å². The van der Waals surface area contributed by atoms with Crippen LogP contribution in [0, 0.1) is 10.1 Å². The van der Waals surface area contributed by atoms with Crippen LogP contribution in [0.3, 0.4) is 0 Å². The summed E-state index contributed by atoms with van der Waals surface area (Å²) in [7, 11) is -5.17. The molecule has 1 aromatic rings. The first kappa shape index (κ1) is 23.6. The fraction of sp³-hybridized carbons (Fsp3) is 0. The molecule has 1 aromatic carbocycles. The van der Waals surface area contributed by atoms with Crippen molar-refractivity contribution in [3.63, 3.8) is 0 Å². The number of phenolic OH excluding ortho intramolecular Hbond substituents is 1. The standard InChI is InChI=1S/C6H5NO3.2K.H2O4S/c8-6-3-1-5(2-4-6)7(9)10;;;1-5(2,3)4/h1-4,8H;;;(H2,1,2,3,4)/q;2*+1;/p-2. The van der Waals surface area contributed by atoms with Crippen molar-refractivity contribution < 1.29 is 130 Å². The Morgan fingerprint density at radius 1 is 1.06 bits per heavy atom. The molecule has 0 atom stereocenters. The van der Waals surface area contributed by atoms with Gasteiger partial charge in [-0.2, -0.15) is 0 Å². The molecule has 0 amide bonds. The SMILES string of the molecule is O=S(=O)([O-])[O-].O=[N+]([O-])c1ccc(O)cc1.[K+].[K+]. The number of rotatable bonds is 1. The molecular weight excluding hydrogens is 308 g/mol. The third-order valence-electron chi connectivity index (χ3n) is 1.06. The molecule has 0 radical (unpaired) electrons. The van der Waals surface area contributed by atoms with Crippen molar-refractivity contribution >= 4 is 16.1 Å². The molecule has 84 valence electrons. The molecule has 0 aromatic heterocycles. The van der Waals surface area contributed by atoms with E-state index in [2.05, 4.69) is 0 Å². The Kier molecular flexibility index (Phi) is 15.8. The average Bonchev–Trinajstić information content (AvgIpc) is 2.01. The quantitative estimate of drug-likeness (QED) is 0.179. The summed E-state index contributed by atoms with van der Waals surface area (Å²) >= 11 is 0. The maximum atomic E-state index is 10.0. The Bertz CT molecular complexity index is 424. The van der Waals surface area contributed by atoms with Crippen LogP contribution in [0.25, 0.3) is 0 Å². The molecule has 0 aliphatic carbocycles. The van der Waals surface area contributed by atoms with Gasteiger partial charge in [-0.3, -0.25) is 18.5 Å². The number of hydrogen-bond acceptors (Lipinski definition) is 7. The van der Waals surface area contributed by atoms with E-state index in [1.165, 1.54) is 24.3 Å². The minimum Gasteiger partial charge on any atom is -0.759 e. The van der Waals surface area contributed by atoms with E-state index in [1.54, 1.807) is 0 Å². The monoisotopic (exact) mass is 313 g/mol. The Morgan fingerprint density at radius 3 is 1.59 bits per heavy atom. The first-order valence-electron chi connectivity index (χ1n) is 3.30. The van der Waals surface area contributed by atoms with Gasteiger partial charge in [0.25, 0.3) is 5.69 Å². The van der Waals surface area contributed by atoms with Gasteiger partial charge < -0.3 is 14.2 Å². The van der Waals surface area contributed by atoms with Crippen LogP contribution >= 0.6 is 0 Å².